The van der Waals surface area contributed by atoms with E-state index in [4.69, 9.17) is 0 Å². The van der Waals surface area contributed by atoms with Crippen molar-refractivity contribution in [3.05, 3.63) is 24.2 Å². The molecule has 2 heterocycles. The van der Waals surface area contributed by atoms with Gasteiger partial charge in [0.2, 0.25) is 0 Å². The molecule has 0 bridgehead atoms. The molecule has 0 aromatic carbocycles. The molecule has 0 atom stereocenters. The summed E-state index contributed by atoms with van der Waals surface area (Å²) in [5, 5.41) is 13.7. The fourth-order valence-corrected chi connectivity index (χ4v) is 1.62. The van der Waals surface area contributed by atoms with E-state index in [0.29, 0.717) is 6.54 Å². The second kappa shape index (κ2) is 3.22. The summed E-state index contributed by atoms with van der Waals surface area (Å²) in [6, 6.07) is 0. The lowest BCUT2D eigenvalue weighted by atomic mass is 10.1. The Hall–Kier alpha value is -1.13. The first-order chi connectivity index (χ1) is 6.56. The highest BCUT2D eigenvalue weighted by Gasteiger charge is 2.27. The Morgan fingerprint density at radius 3 is 3.07 bits per heavy atom. The topological polar surface area (TPSA) is 39.1 Å². The highest BCUT2D eigenvalue weighted by Crippen LogP contribution is 2.22. The molecule has 2 aliphatic heterocycles. The monoisotopic (exact) mass is 193 g/mol. The van der Waals surface area contributed by atoms with E-state index < -0.39 is 5.60 Å². The van der Waals surface area contributed by atoms with Gasteiger partial charge in [-0.05, 0) is 26.0 Å². The van der Waals surface area contributed by atoms with Crippen LogP contribution in [0, 0.1) is 0 Å². The van der Waals surface area contributed by atoms with E-state index in [0.717, 1.165) is 12.4 Å². The van der Waals surface area contributed by atoms with E-state index in [-0.39, 0.29) is 0 Å². The highest BCUT2D eigenvalue weighted by atomic mass is 16.3. The van der Waals surface area contributed by atoms with Gasteiger partial charge in [-0.2, -0.15) is 0 Å². The number of aliphatic hydroxyl groups is 1. The fraction of sp³-hybridized carbons (Fsp3) is 0.500. The number of hydrogen-bond acceptors (Lipinski definition) is 4. The van der Waals surface area contributed by atoms with Crippen molar-refractivity contribution in [2.75, 3.05) is 13.1 Å². The smallest absolute Gasteiger partial charge is 0.144 e. The zero-order chi connectivity index (χ0) is 10.2. The number of hydrazine groups is 1. The van der Waals surface area contributed by atoms with Crippen molar-refractivity contribution in [2.24, 2.45) is 4.99 Å². The van der Waals surface area contributed by atoms with Crippen molar-refractivity contribution < 1.29 is 5.11 Å². The van der Waals surface area contributed by atoms with Gasteiger partial charge in [0.25, 0.3) is 0 Å². The molecule has 0 fully saturated rings. The highest BCUT2D eigenvalue weighted by molar-refractivity contribution is 5.73. The number of rotatable bonds is 2. The molecule has 0 aromatic heterocycles. The van der Waals surface area contributed by atoms with Crippen molar-refractivity contribution in [1.29, 1.82) is 0 Å². The average molecular weight is 193 g/mol. The van der Waals surface area contributed by atoms with Crippen molar-refractivity contribution in [3.63, 3.8) is 0 Å². The zero-order valence-electron chi connectivity index (χ0n) is 8.51. The van der Waals surface area contributed by atoms with Crippen molar-refractivity contribution in [1.82, 2.24) is 10.0 Å². The molecule has 0 radical (unpaired) electrons. The number of fused-ring (bicyclic) bond motifs is 1. The Labute approximate surface area is 83.8 Å². The fourth-order valence-electron chi connectivity index (χ4n) is 1.62. The summed E-state index contributed by atoms with van der Waals surface area (Å²) in [6.07, 6.45) is 7.67. The molecule has 0 spiro atoms. The van der Waals surface area contributed by atoms with Crippen molar-refractivity contribution >= 4 is 6.21 Å². The number of nitrogens with zero attached hydrogens (tertiary/aromatic N) is 3. The third kappa shape index (κ3) is 1.86. The van der Waals surface area contributed by atoms with Gasteiger partial charge in [0.15, 0.2) is 0 Å². The Kier molecular flexibility index (Phi) is 2.17. The van der Waals surface area contributed by atoms with Gasteiger partial charge in [-0.3, -0.25) is 5.01 Å². The maximum Gasteiger partial charge on any atom is 0.144 e. The molecule has 0 saturated heterocycles. The molecule has 4 nitrogen and oxygen atoms in total. The predicted molar refractivity (Wildman–Crippen MR) is 55.4 cm³/mol. The van der Waals surface area contributed by atoms with Gasteiger partial charge in [-0.25, -0.2) is 10.0 Å². The van der Waals surface area contributed by atoms with Crippen LogP contribution in [0.15, 0.2) is 29.2 Å². The molecule has 76 valence electrons. The second-order valence-electron chi connectivity index (χ2n) is 4.19. The molecule has 2 aliphatic rings. The minimum absolute atomic E-state index is 0.604. The number of β-amino-alcohol motifs (C(OH)–C–C–N with tert-alkyl or cyclic N) is 1. The molecule has 4 heteroatoms. The first-order valence-corrected chi connectivity index (χ1v) is 4.74. The molecular weight excluding hydrogens is 178 g/mol. The first-order valence-electron chi connectivity index (χ1n) is 4.74. The normalized spacial score (nSPS) is 21.4. The van der Waals surface area contributed by atoms with Gasteiger partial charge in [-0.15, -0.1) is 0 Å². The lowest BCUT2D eigenvalue weighted by Crippen LogP contribution is -2.43. The summed E-state index contributed by atoms with van der Waals surface area (Å²) in [5.74, 6) is 0.941. The Bertz CT molecular complexity index is 312. The maximum absolute atomic E-state index is 9.71. The summed E-state index contributed by atoms with van der Waals surface area (Å²) in [5.41, 5.74) is -0.682. The van der Waals surface area contributed by atoms with Crippen LogP contribution < -0.4 is 0 Å². The summed E-state index contributed by atoms with van der Waals surface area (Å²) in [7, 11) is 0. The van der Waals surface area contributed by atoms with Crippen LogP contribution in [0.2, 0.25) is 0 Å². The minimum Gasteiger partial charge on any atom is -0.389 e. The second-order valence-corrected chi connectivity index (χ2v) is 4.19. The van der Waals surface area contributed by atoms with Crippen LogP contribution in [-0.2, 0) is 0 Å². The molecule has 0 unspecified atom stereocenters. The lowest BCUT2D eigenvalue weighted by Gasteiger charge is -2.33. The third-order valence-electron chi connectivity index (χ3n) is 2.11. The Morgan fingerprint density at radius 1 is 1.57 bits per heavy atom. The predicted octanol–water partition coefficient (Wildman–Crippen LogP) is 0.729. The van der Waals surface area contributed by atoms with Crippen LogP contribution in [0.5, 0.6) is 0 Å². The van der Waals surface area contributed by atoms with Gasteiger partial charge in [0.05, 0.1) is 5.60 Å². The molecule has 0 aromatic rings. The SMILES string of the molecule is CC(C)(O)CN1CC=C2N=CC=CN21. The zero-order valence-corrected chi connectivity index (χ0v) is 8.51. The molecule has 14 heavy (non-hydrogen) atoms. The number of allylic oxidation sites excluding steroid dienone is 1. The van der Waals surface area contributed by atoms with Gasteiger partial charge in [-0.1, -0.05) is 0 Å². The van der Waals surface area contributed by atoms with E-state index in [1.54, 1.807) is 6.21 Å². The Morgan fingerprint density at radius 2 is 2.36 bits per heavy atom. The van der Waals surface area contributed by atoms with Crippen LogP contribution in [0.1, 0.15) is 13.8 Å². The summed E-state index contributed by atoms with van der Waals surface area (Å²) >= 11 is 0. The van der Waals surface area contributed by atoms with Crippen molar-refractivity contribution in [2.45, 2.75) is 19.4 Å². The lowest BCUT2D eigenvalue weighted by molar-refractivity contribution is -0.0175. The molecule has 1 N–H and O–H groups in total. The minimum atomic E-state index is -0.682. The summed E-state index contributed by atoms with van der Waals surface area (Å²) in [4.78, 5) is 4.22. The maximum atomic E-state index is 9.71. The number of aliphatic imine (C=N–C) groups is 1. The third-order valence-corrected chi connectivity index (χ3v) is 2.11. The van der Waals surface area contributed by atoms with Crippen molar-refractivity contribution in [3.8, 4) is 0 Å². The first kappa shape index (κ1) is 9.43. The Balaban J connectivity index is 2.06. The molecule has 2 rings (SSSR count). The quantitative estimate of drug-likeness (QED) is 0.702. The molecule has 0 amide bonds. The summed E-state index contributed by atoms with van der Waals surface area (Å²) < 4.78 is 0. The van der Waals surface area contributed by atoms with E-state index in [2.05, 4.69) is 10.0 Å². The van der Waals surface area contributed by atoms with Gasteiger partial charge >= 0.3 is 0 Å². The standard InChI is InChI=1S/C10H15N3O/c1-10(2,14)8-12-7-4-9-11-5-3-6-13(9)12/h3-6,14H,7-8H2,1-2H3. The van der Waals surface area contributed by atoms with Crippen LogP contribution in [0.25, 0.3) is 0 Å². The van der Waals surface area contributed by atoms with Crippen LogP contribution >= 0.6 is 0 Å². The van der Waals surface area contributed by atoms with Crippen LogP contribution in [0.4, 0.5) is 0 Å². The van der Waals surface area contributed by atoms with E-state index in [1.807, 2.05) is 37.2 Å². The van der Waals surface area contributed by atoms with Gasteiger partial charge < -0.3 is 5.11 Å². The largest absolute Gasteiger partial charge is 0.389 e. The van der Waals surface area contributed by atoms with Crippen LogP contribution in [0.3, 0.4) is 0 Å². The van der Waals surface area contributed by atoms with Crippen LogP contribution in [-0.4, -0.2) is 40.0 Å². The van der Waals surface area contributed by atoms with Gasteiger partial charge in [0, 0.05) is 25.5 Å². The summed E-state index contributed by atoms with van der Waals surface area (Å²) in [6.45, 7) is 5.03. The van der Waals surface area contributed by atoms with Gasteiger partial charge in [0.1, 0.15) is 5.82 Å². The molecular formula is C10H15N3O. The molecule has 0 saturated carbocycles. The van der Waals surface area contributed by atoms with E-state index in [1.165, 1.54) is 0 Å². The molecule has 0 aliphatic carbocycles. The average Bonchev–Trinajstić information content (AvgIpc) is 2.47. The number of hydrogen-bond donors (Lipinski definition) is 1. The van der Waals surface area contributed by atoms with E-state index in [9.17, 15) is 5.11 Å². The van der Waals surface area contributed by atoms with E-state index >= 15 is 0 Å².